The van der Waals surface area contributed by atoms with E-state index in [1.165, 1.54) is 17.3 Å². The number of ether oxygens (including phenoxy) is 1. The van der Waals surface area contributed by atoms with Gasteiger partial charge in [0, 0.05) is 0 Å². The average molecular weight is 245 g/mol. The van der Waals surface area contributed by atoms with Crippen molar-refractivity contribution in [1.82, 2.24) is 14.9 Å². The molecular weight excluding hydrogens is 236 g/mol. The summed E-state index contributed by atoms with van der Waals surface area (Å²) in [4.78, 5) is 10.2. The molecule has 0 aliphatic rings. The van der Waals surface area contributed by atoms with Gasteiger partial charge >= 0.3 is 0 Å². The van der Waals surface area contributed by atoms with Gasteiger partial charge in [0.2, 0.25) is 0 Å². The first kappa shape index (κ1) is 11.8. The van der Waals surface area contributed by atoms with Crippen molar-refractivity contribution in [2.24, 2.45) is 5.10 Å². The number of carbonyl (C=O) groups excluding carboxylic acids is 1. The Bertz CT molecular complexity index is 534. The Morgan fingerprint density at radius 3 is 2.61 bits per heavy atom. The summed E-state index contributed by atoms with van der Waals surface area (Å²) in [6, 6.07) is 6.80. The molecule has 0 amide bonds. The standard InChI is InChI=1S/C11H10N4O3/c16-11(17)6-18-10-3-1-9(2-4-10)5-14-15-7-12-13-8-15/h1-5,7-8H,6H2,(H,16,17)/p-1/b14-5-. The third-order valence-electron chi connectivity index (χ3n) is 1.98. The van der Waals surface area contributed by atoms with E-state index in [0.717, 1.165) is 5.56 Å². The van der Waals surface area contributed by atoms with Gasteiger partial charge in [0.05, 0.1) is 12.2 Å². The van der Waals surface area contributed by atoms with Gasteiger partial charge in [-0.05, 0) is 29.8 Å². The first-order chi connectivity index (χ1) is 8.74. The molecule has 2 rings (SSSR count). The van der Waals surface area contributed by atoms with Crippen LogP contribution < -0.4 is 9.84 Å². The Labute approximate surface area is 102 Å². The zero-order valence-corrected chi connectivity index (χ0v) is 9.26. The monoisotopic (exact) mass is 245 g/mol. The number of nitrogens with zero attached hydrogens (tertiary/aromatic N) is 4. The molecule has 1 heterocycles. The van der Waals surface area contributed by atoms with Crippen LogP contribution in [0.25, 0.3) is 0 Å². The van der Waals surface area contributed by atoms with Crippen LogP contribution in [0.2, 0.25) is 0 Å². The van der Waals surface area contributed by atoms with Crippen molar-refractivity contribution in [3.8, 4) is 5.75 Å². The van der Waals surface area contributed by atoms with Crippen molar-refractivity contribution >= 4 is 12.2 Å². The zero-order chi connectivity index (χ0) is 12.8. The fraction of sp³-hybridized carbons (Fsp3) is 0.0909. The third kappa shape index (κ3) is 3.41. The predicted octanol–water partition coefficient (Wildman–Crippen LogP) is -0.711. The number of hydrogen-bond acceptors (Lipinski definition) is 6. The van der Waals surface area contributed by atoms with Crippen LogP contribution in [-0.2, 0) is 4.79 Å². The zero-order valence-electron chi connectivity index (χ0n) is 9.26. The van der Waals surface area contributed by atoms with Crippen LogP contribution in [-0.4, -0.2) is 33.7 Å². The molecule has 0 radical (unpaired) electrons. The molecule has 7 nitrogen and oxygen atoms in total. The highest BCUT2D eigenvalue weighted by atomic mass is 16.5. The van der Waals surface area contributed by atoms with Gasteiger partial charge in [0.25, 0.3) is 0 Å². The highest BCUT2D eigenvalue weighted by molar-refractivity contribution is 5.79. The minimum absolute atomic E-state index is 0.459. The van der Waals surface area contributed by atoms with E-state index in [2.05, 4.69) is 15.3 Å². The van der Waals surface area contributed by atoms with Gasteiger partial charge in [-0.2, -0.15) is 5.10 Å². The summed E-state index contributed by atoms with van der Waals surface area (Å²) in [5.41, 5.74) is 0.838. The Balaban J connectivity index is 1.97. The summed E-state index contributed by atoms with van der Waals surface area (Å²) >= 11 is 0. The van der Waals surface area contributed by atoms with E-state index in [1.54, 1.807) is 30.5 Å². The Morgan fingerprint density at radius 2 is 2.00 bits per heavy atom. The molecule has 0 bridgehead atoms. The van der Waals surface area contributed by atoms with Crippen LogP contribution in [0.3, 0.4) is 0 Å². The fourth-order valence-corrected chi connectivity index (χ4v) is 1.18. The van der Waals surface area contributed by atoms with Crippen molar-refractivity contribution in [3.05, 3.63) is 42.5 Å². The Hall–Kier alpha value is -2.70. The minimum Gasteiger partial charge on any atom is -0.546 e. The van der Waals surface area contributed by atoms with Crippen molar-refractivity contribution in [2.75, 3.05) is 6.61 Å². The van der Waals surface area contributed by atoms with Gasteiger partial charge in [-0.25, -0.2) is 4.68 Å². The number of hydrogen-bond donors (Lipinski definition) is 0. The molecule has 0 aliphatic heterocycles. The largest absolute Gasteiger partial charge is 0.546 e. The maximum atomic E-state index is 10.2. The molecule has 7 heteroatoms. The number of carboxylic acid groups (broad SMARTS) is 1. The van der Waals surface area contributed by atoms with Crippen molar-refractivity contribution in [2.45, 2.75) is 0 Å². The molecule has 18 heavy (non-hydrogen) atoms. The van der Waals surface area contributed by atoms with Crippen LogP contribution in [0.4, 0.5) is 0 Å². The van der Waals surface area contributed by atoms with Crippen LogP contribution >= 0.6 is 0 Å². The Kier molecular flexibility index (Phi) is 3.65. The van der Waals surface area contributed by atoms with E-state index >= 15 is 0 Å². The molecule has 1 aromatic heterocycles. The summed E-state index contributed by atoms with van der Waals surface area (Å²) in [6.45, 7) is -0.464. The topological polar surface area (TPSA) is 92.4 Å². The van der Waals surface area contributed by atoms with Gasteiger partial charge < -0.3 is 14.6 Å². The summed E-state index contributed by atoms with van der Waals surface area (Å²) in [6.07, 6.45) is 4.55. The molecule has 0 spiro atoms. The molecule has 1 aromatic carbocycles. The number of benzene rings is 1. The Morgan fingerprint density at radius 1 is 1.33 bits per heavy atom. The van der Waals surface area contributed by atoms with E-state index in [0.29, 0.717) is 5.75 Å². The first-order valence-electron chi connectivity index (χ1n) is 5.06. The quantitative estimate of drug-likeness (QED) is 0.649. The van der Waals surface area contributed by atoms with Gasteiger partial charge in [-0.1, -0.05) is 0 Å². The van der Waals surface area contributed by atoms with Crippen molar-refractivity contribution < 1.29 is 14.6 Å². The summed E-state index contributed by atoms with van der Waals surface area (Å²) in [5, 5.41) is 21.5. The second-order valence-corrected chi connectivity index (χ2v) is 3.32. The van der Waals surface area contributed by atoms with E-state index < -0.39 is 12.6 Å². The lowest BCUT2D eigenvalue weighted by Crippen LogP contribution is -2.28. The second-order valence-electron chi connectivity index (χ2n) is 3.32. The molecule has 0 saturated carbocycles. The number of aromatic nitrogens is 3. The SMILES string of the molecule is O=C([O-])COc1ccc(/C=N\n2cnnc2)cc1. The van der Waals surface area contributed by atoms with Gasteiger partial charge in [-0.3, -0.25) is 0 Å². The van der Waals surface area contributed by atoms with Crippen LogP contribution in [0.5, 0.6) is 5.75 Å². The minimum atomic E-state index is -1.26. The lowest BCUT2D eigenvalue weighted by molar-refractivity contribution is -0.307. The molecule has 0 saturated heterocycles. The molecular formula is C11H9N4O3-. The van der Waals surface area contributed by atoms with Gasteiger partial charge in [0.1, 0.15) is 25.0 Å². The summed E-state index contributed by atoms with van der Waals surface area (Å²) < 4.78 is 6.40. The third-order valence-corrected chi connectivity index (χ3v) is 1.98. The normalized spacial score (nSPS) is 10.7. The average Bonchev–Trinajstić information content (AvgIpc) is 2.88. The maximum Gasteiger partial charge on any atom is 0.141 e. The van der Waals surface area contributed by atoms with Crippen LogP contribution in [0, 0.1) is 0 Å². The number of aliphatic carboxylic acids is 1. The van der Waals surface area contributed by atoms with Gasteiger partial charge in [-0.15, -0.1) is 10.2 Å². The number of carbonyl (C=O) groups is 1. The fourth-order valence-electron chi connectivity index (χ4n) is 1.18. The molecule has 0 aliphatic carbocycles. The van der Waals surface area contributed by atoms with E-state index in [-0.39, 0.29) is 0 Å². The van der Waals surface area contributed by atoms with Crippen LogP contribution in [0.1, 0.15) is 5.56 Å². The first-order valence-corrected chi connectivity index (χ1v) is 5.06. The molecule has 0 atom stereocenters. The van der Waals surface area contributed by atoms with E-state index in [9.17, 15) is 9.90 Å². The second kappa shape index (κ2) is 5.58. The van der Waals surface area contributed by atoms with Crippen LogP contribution in [0.15, 0.2) is 42.0 Å². The molecule has 92 valence electrons. The van der Waals surface area contributed by atoms with E-state index in [4.69, 9.17) is 4.74 Å². The highest BCUT2D eigenvalue weighted by Crippen LogP contribution is 2.10. The molecule has 0 unspecified atom stereocenters. The smallest absolute Gasteiger partial charge is 0.141 e. The van der Waals surface area contributed by atoms with E-state index in [1.807, 2.05) is 0 Å². The predicted molar refractivity (Wildman–Crippen MR) is 60.0 cm³/mol. The van der Waals surface area contributed by atoms with Crippen molar-refractivity contribution in [3.63, 3.8) is 0 Å². The van der Waals surface area contributed by atoms with Crippen molar-refractivity contribution in [1.29, 1.82) is 0 Å². The number of carboxylic acids is 1. The highest BCUT2D eigenvalue weighted by Gasteiger charge is 1.94. The maximum absolute atomic E-state index is 10.2. The summed E-state index contributed by atoms with van der Waals surface area (Å²) in [5.74, 6) is -0.797. The number of rotatable bonds is 5. The lowest BCUT2D eigenvalue weighted by atomic mass is 10.2. The molecule has 0 fully saturated rings. The molecule has 0 N–H and O–H groups in total. The summed E-state index contributed by atoms with van der Waals surface area (Å²) in [7, 11) is 0. The lowest BCUT2D eigenvalue weighted by Gasteiger charge is -2.06. The van der Waals surface area contributed by atoms with Gasteiger partial charge in [0.15, 0.2) is 0 Å². The molecule has 2 aromatic rings.